The van der Waals surface area contributed by atoms with Crippen molar-refractivity contribution in [2.24, 2.45) is 5.92 Å². The molecule has 0 aromatic heterocycles. The molecular weight excluding hydrogens is 238 g/mol. The molecule has 0 aromatic carbocycles. The summed E-state index contributed by atoms with van der Waals surface area (Å²) >= 11 is 0. The van der Waals surface area contributed by atoms with Crippen molar-refractivity contribution >= 4 is 0 Å². The molecule has 3 unspecified atom stereocenters. The van der Waals surface area contributed by atoms with E-state index in [1.165, 1.54) is 6.54 Å². The Morgan fingerprint density at radius 1 is 1.26 bits per heavy atom. The highest BCUT2D eigenvalue weighted by Crippen LogP contribution is 2.13. The van der Waals surface area contributed by atoms with E-state index in [1.807, 2.05) is 0 Å². The van der Waals surface area contributed by atoms with Crippen molar-refractivity contribution in [2.45, 2.75) is 45.9 Å². The Hall–Kier alpha value is -0.160. The third-order valence-corrected chi connectivity index (χ3v) is 4.18. The number of nitrogens with one attached hydrogen (secondary N) is 1. The minimum Gasteiger partial charge on any atom is -0.374 e. The van der Waals surface area contributed by atoms with Gasteiger partial charge in [-0.15, -0.1) is 0 Å². The normalized spacial score (nSPS) is 34.9. The Kier molecular flexibility index (Phi) is 5.63. The molecule has 4 nitrogen and oxygen atoms in total. The zero-order valence-electron chi connectivity index (χ0n) is 13.1. The Labute approximate surface area is 118 Å². The summed E-state index contributed by atoms with van der Waals surface area (Å²) in [5.74, 6) is 0.747. The molecule has 3 atom stereocenters. The van der Waals surface area contributed by atoms with Crippen LogP contribution in [0, 0.1) is 5.92 Å². The zero-order valence-corrected chi connectivity index (χ0v) is 13.1. The fraction of sp³-hybridized carbons (Fsp3) is 1.00. The predicted molar refractivity (Wildman–Crippen MR) is 79.5 cm³/mol. The SMILES string of the molecule is CC(C)CN1CCOC(CN2CC(C)NCC2C)C1. The lowest BCUT2D eigenvalue weighted by atomic mass is 10.1. The van der Waals surface area contributed by atoms with E-state index in [4.69, 9.17) is 4.74 Å². The first-order valence-corrected chi connectivity index (χ1v) is 7.86. The first-order chi connectivity index (χ1) is 9.04. The smallest absolute Gasteiger partial charge is 0.0829 e. The highest BCUT2D eigenvalue weighted by molar-refractivity contribution is 4.84. The molecule has 2 aliphatic rings. The van der Waals surface area contributed by atoms with Crippen LogP contribution in [0.25, 0.3) is 0 Å². The third-order valence-electron chi connectivity index (χ3n) is 4.18. The van der Waals surface area contributed by atoms with E-state index < -0.39 is 0 Å². The third kappa shape index (κ3) is 4.71. The van der Waals surface area contributed by atoms with E-state index in [9.17, 15) is 0 Å². The molecule has 112 valence electrons. The topological polar surface area (TPSA) is 27.7 Å². The maximum Gasteiger partial charge on any atom is 0.0829 e. The fourth-order valence-electron chi connectivity index (χ4n) is 3.19. The van der Waals surface area contributed by atoms with Gasteiger partial charge in [0.15, 0.2) is 0 Å². The van der Waals surface area contributed by atoms with E-state index >= 15 is 0 Å². The molecular formula is C15H31N3O. The molecule has 1 N–H and O–H groups in total. The van der Waals surface area contributed by atoms with Crippen LogP contribution in [0.15, 0.2) is 0 Å². The Balaban J connectivity index is 1.81. The second-order valence-corrected chi connectivity index (χ2v) is 6.76. The van der Waals surface area contributed by atoms with Crippen molar-refractivity contribution in [3.63, 3.8) is 0 Å². The van der Waals surface area contributed by atoms with Crippen molar-refractivity contribution in [3.05, 3.63) is 0 Å². The molecule has 0 bridgehead atoms. The molecule has 0 amide bonds. The number of hydrogen-bond donors (Lipinski definition) is 1. The number of piperazine rings is 1. The van der Waals surface area contributed by atoms with Gasteiger partial charge in [0, 0.05) is 51.4 Å². The predicted octanol–water partition coefficient (Wildman–Crippen LogP) is 1.03. The summed E-state index contributed by atoms with van der Waals surface area (Å²) in [4.78, 5) is 5.15. The van der Waals surface area contributed by atoms with E-state index in [1.54, 1.807) is 0 Å². The molecule has 0 radical (unpaired) electrons. The van der Waals surface area contributed by atoms with Gasteiger partial charge in [-0.2, -0.15) is 0 Å². The number of rotatable bonds is 4. The molecule has 0 aromatic rings. The summed E-state index contributed by atoms with van der Waals surface area (Å²) in [5, 5.41) is 3.54. The lowest BCUT2D eigenvalue weighted by Crippen LogP contribution is -2.58. The second kappa shape index (κ2) is 7.02. The van der Waals surface area contributed by atoms with Gasteiger partial charge in [0.05, 0.1) is 12.7 Å². The van der Waals surface area contributed by atoms with Crippen molar-refractivity contribution in [3.8, 4) is 0 Å². The van der Waals surface area contributed by atoms with Crippen LogP contribution in [0.5, 0.6) is 0 Å². The Bertz CT molecular complexity index is 272. The first kappa shape index (κ1) is 15.2. The number of hydrogen-bond acceptors (Lipinski definition) is 4. The summed E-state index contributed by atoms with van der Waals surface area (Å²) in [6.07, 6.45) is 0.389. The van der Waals surface area contributed by atoms with E-state index in [0.29, 0.717) is 18.2 Å². The molecule has 0 aliphatic carbocycles. The van der Waals surface area contributed by atoms with Crippen LogP contribution < -0.4 is 5.32 Å². The molecule has 4 heteroatoms. The molecule has 2 fully saturated rings. The van der Waals surface area contributed by atoms with Crippen molar-refractivity contribution in [1.82, 2.24) is 15.1 Å². The van der Waals surface area contributed by atoms with E-state index in [-0.39, 0.29) is 0 Å². The lowest BCUT2D eigenvalue weighted by molar-refractivity contribution is -0.0539. The molecule has 2 heterocycles. The van der Waals surface area contributed by atoms with Crippen molar-refractivity contribution < 1.29 is 4.74 Å². The van der Waals surface area contributed by atoms with Gasteiger partial charge in [0.1, 0.15) is 0 Å². The summed E-state index contributed by atoms with van der Waals surface area (Å²) in [6, 6.07) is 1.23. The summed E-state index contributed by atoms with van der Waals surface area (Å²) < 4.78 is 5.97. The number of morpholine rings is 1. The molecule has 2 saturated heterocycles. The minimum absolute atomic E-state index is 0.389. The number of nitrogens with zero attached hydrogens (tertiary/aromatic N) is 2. The average Bonchev–Trinajstić information content (AvgIpc) is 2.33. The van der Waals surface area contributed by atoms with Gasteiger partial charge in [0.25, 0.3) is 0 Å². The van der Waals surface area contributed by atoms with Gasteiger partial charge in [-0.3, -0.25) is 9.80 Å². The van der Waals surface area contributed by atoms with Crippen LogP contribution in [-0.4, -0.2) is 73.9 Å². The minimum atomic E-state index is 0.389. The summed E-state index contributed by atoms with van der Waals surface area (Å²) in [6.45, 7) is 16.8. The van der Waals surface area contributed by atoms with Crippen LogP contribution in [0.1, 0.15) is 27.7 Å². The average molecular weight is 269 g/mol. The van der Waals surface area contributed by atoms with Crippen molar-refractivity contribution in [2.75, 3.05) is 45.9 Å². The van der Waals surface area contributed by atoms with Gasteiger partial charge in [-0.1, -0.05) is 13.8 Å². The highest BCUT2D eigenvalue weighted by Gasteiger charge is 2.28. The van der Waals surface area contributed by atoms with Crippen LogP contribution in [-0.2, 0) is 4.74 Å². The van der Waals surface area contributed by atoms with Crippen molar-refractivity contribution in [1.29, 1.82) is 0 Å². The molecule has 19 heavy (non-hydrogen) atoms. The van der Waals surface area contributed by atoms with Crippen LogP contribution >= 0.6 is 0 Å². The summed E-state index contributed by atoms with van der Waals surface area (Å²) in [7, 11) is 0. The maximum absolute atomic E-state index is 5.97. The van der Waals surface area contributed by atoms with Crippen LogP contribution in [0.3, 0.4) is 0 Å². The molecule has 2 aliphatic heterocycles. The fourth-order valence-corrected chi connectivity index (χ4v) is 3.19. The van der Waals surface area contributed by atoms with E-state index in [2.05, 4.69) is 42.8 Å². The van der Waals surface area contributed by atoms with Crippen LogP contribution in [0.4, 0.5) is 0 Å². The Morgan fingerprint density at radius 3 is 2.79 bits per heavy atom. The van der Waals surface area contributed by atoms with Gasteiger partial charge in [-0.05, 0) is 19.8 Å². The number of ether oxygens (including phenoxy) is 1. The maximum atomic E-state index is 5.97. The lowest BCUT2D eigenvalue weighted by Gasteiger charge is -2.41. The standard InChI is InChI=1S/C15H31N3O/c1-12(2)8-17-5-6-19-15(10-17)11-18-9-13(3)16-7-14(18)4/h12-16H,5-11H2,1-4H3. The molecule has 2 rings (SSSR count). The van der Waals surface area contributed by atoms with Crippen LogP contribution in [0.2, 0.25) is 0 Å². The monoisotopic (exact) mass is 269 g/mol. The molecule has 0 saturated carbocycles. The molecule has 0 spiro atoms. The van der Waals surface area contributed by atoms with Gasteiger partial charge >= 0.3 is 0 Å². The zero-order chi connectivity index (χ0) is 13.8. The Morgan fingerprint density at radius 2 is 2.05 bits per heavy atom. The largest absolute Gasteiger partial charge is 0.374 e. The summed E-state index contributed by atoms with van der Waals surface area (Å²) in [5.41, 5.74) is 0. The van der Waals surface area contributed by atoms with Gasteiger partial charge < -0.3 is 10.1 Å². The van der Waals surface area contributed by atoms with Gasteiger partial charge in [-0.25, -0.2) is 0 Å². The quantitative estimate of drug-likeness (QED) is 0.825. The highest BCUT2D eigenvalue weighted by atomic mass is 16.5. The van der Waals surface area contributed by atoms with E-state index in [0.717, 1.165) is 45.2 Å². The second-order valence-electron chi connectivity index (χ2n) is 6.76. The van der Waals surface area contributed by atoms with Gasteiger partial charge in [0.2, 0.25) is 0 Å². The first-order valence-electron chi connectivity index (χ1n) is 7.86.